The first kappa shape index (κ1) is 51.0. The number of nitrogens with zero attached hydrogens (tertiary/aromatic N) is 1. The number of benzene rings is 13. The van der Waals surface area contributed by atoms with E-state index >= 15 is 0 Å². The van der Waals surface area contributed by atoms with E-state index in [0.717, 1.165) is 23.5 Å². The summed E-state index contributed by atoms with van der Waals surface area (Å²) in [4.78, 5) is 2.45. The molecule has 0 bridgehead atoms. The van der Waals surface area contributed by atoms with Gasteiger partial charge in [0.05, 0.1) is 0 Å². The van der Waals surface area contributed by atoms with Crippen molar-refractivity contribution in [3.05, 3.63) is 294 Å². The Morgan fingerprint density at radius 3 is 1.45 bits per heavy atom. The van der Waals surface area contributed by atoms with Gasteiger partial charge in [0.15, 0.2) is 0 Å². The maximum Gasteiger partial charge on any atom is 0.0468 e. The molecular formula is C79H63N. The van der Waals surface area contributed by atoms with E-state index in [2.05, 4.69) is 293 Å². The third kappa shape index (κ3) is 9.69. The molecule has 0 spiro atoms. The second kappa shape index (κ2) is 22.6. The maximum atomic E-state index is 3.66. The number of hydrogen-bond donors (Lipinski definition) is 0. The largest absolute Gasteiger partial charge is 0.310 e. The van der Waals surface area contributed by atoms with Gasteiger partial charge < -0.3 is 4.90 Å². The first-order chi connectivity index (χ1) is 39.4. The molecule has 1 heteroatoms. The third-order valence-electron chi connectivity index (χ3n) is 15.8. The molecule has 0 fully saturated rings. The van der Waals surface area contributed by atoms with E-state index in [0.29, 0.717) is 0 Å². The predicted molar refractivity (Wildman–Crippen MR) is 350 cm³/mol. The molecule has 0 amide bonds. The third-order valence-corrected chi connectivity index (χ3v) is 15.8. The zero-order valence-corrected chi connectivity index (χ0v) is 46.0. The molecule has 80 heavy (non-hydrogen) atoms. The van der Waals surface area contributed by atoms with Crippen LogP contribution in [0.3, 0.4) is 0 Å². The van der Waals surface area contributed by atoms with E-state index in [-0.39, 0.29) is 0 Å². The quantitative estimate of drug-likeness (QED) is 0.130. The normalized spacial score (nSPS) is 12.4. The van der Waals surface area contributed by atoms with Gasteiger partial charge in [0.2, 0.25) is 0 Å². The van der Waals surface area contributed by atoms with Crippen molar-refractivity contribution in [2.45, 2.75) is 34.1 Å². The van der Waals surface area contributed by atoms with Crippen molar-refractivity contribution in [1.29, 1.82) is 0 Å². The van der Waals surface area contributed by atoms with Gasteiger partial charge in [-0.05, 0) is 201 Å². The fraction of sp³-hybridized carbons (Fsp3) is 0.0633. The summed E-state index contributed by atoms with van der Waals surface area (Å²) in [6, 6.07) is 93.7. The van der Waals surface area contributed by atoms with Crippen LogP contribution in [0.25, 0.3) is 123 Å². The first-order valence-electron chi connectivity index (χ1n) is 28.0. The van der Waals surface area contributed by atoms with E-state index in [1.807, 2.05) is 31.2 Å². The molecule has 0 N–H and O–H groups in total. The molecule has 0 radical (unpaired) electrons. The lowest BCUT2D eigenvalue weighted by molar-refractivity contribution is 1.28. The zero-order chi connectivity index (χ0) is 54.5. The Morgan fingerprint density at radius 1 is 0.338 bits per heavy atom. The van der Waals surface area contributed by atoms with Crippen LogP contribution in [-0.2, 0) is 0 Å². The highest BCUT2D eigenvalue weighted by molar-refractivity contribution is 6.22. The van der Waals surface area contributed by atoms with Crippen LogP contribution in [-0.4, -0.2) is 0 Å². The van der Waals surface area contributed by atoms with Crippen molar-refractivity contribution in [2.24, 2.45) is 0 Å². The Hall–Kier alpha value is -9.82. The molecule has 13 rings (SSSR count). The molecule has 0 unspecified atom stereocenters. The number of rotatable bonds is 9. The molecule has 0 aliphatic carbocycles. The number of allylic oxidation sites excluding steroid dienone is 1. The SMILES string of the molecule is C/C=c1/ccc(-c2c3ccccc3c(-c3cccc(N(c4ccc(-c5ccccc5)cc4)c4ccc5c(C)c6ccccc6c(-c6ccc7ccccc7c6)c5c4)c3)c3ccccc23)c/c1=C/CC.C=C/C=c1/cccc/c1=C/C. The van der Waals surface area contributed by atoms with Crippen LogP contribution in [0.4, 0.5) is 17.1 Å². The van der Waals surface area contributed by atoms with Gasteiger partial charge in [0.1, 0.15) is 0 Å². The van der Waals surface area contributed by atoms with Gasteiger partial charge in [0.25, 0.3) is 0 Å². The fourth-order valence-electron chi connectivity index (χ4n) is 12.1. The minimum Gasteiger partial charge on any atom is -0.310 e. The van der Waals surface area contributed by atoms with Crippen molar-refractivity contribution < 1.29 is 0 Å². The van der Waals surface area contributed by atoms with Crippen molar-refractivity contribution in [1.82, 2.24) is 0 Å². The number of hydrogen-bond acceptors (Lipinski definition) is 1. The van der Waals surface area contributed by atoms with Gasteiger partial charge >= 0.3 is 0 Å². The minimum absolute atomic E-state index is 0.983. The van der Waals surface area contributed by atoms with Crippen molar-refractivity contribution in [3.8, 4) is 44.5 Å². The van der Waals surface area contributed by atoms with Crippen LogP contribution >= 0.6 is 0 Å². The van der Waals surface area contributed by atoms with Crippen LogP contribution in [0.15, 0.2) is 267 Å². The zero-order valence-electron chi connectivity index (χ0n) is 46.0. The summed E-state index contributed by atoms with van der Waals surface area (Å²) in [5.74, 6) is 0. The molecule has 0 aromatic heterocycles. The van der Waals surface area contributed by atoms with Gasteiger partial charge in [-0.15, -0.1) is 0 Å². The molecule has 13 aromatic carbocycles. The predicted octanol–water partition coefficient (Wildman–Crippen LogP) is 19.3. The van der Waals surface area contributed by atoms with Gasteiger partial charge in [0, 0.05) is 17.1 Å². The molecule has 0 saturated heterocycles. The molecule has 0 aliphatic rings. The maximum absolute atomic E-state index is 3.66. The summed E-state index contributed by atoms with van der Waals surface area (Å²) < 4.78 is 0. The lowest BCUT2D eigenvalue weighted by Crippen LogP contribution is -2.23. The monoisotopic (exact) mass is 1030 g/mol. The molecular weight excluding hydrogens is 963 g/mol. The number of aryl methyl sites for hydroxylation is 1. The Bertz CT molecular complexity index is 4680. The Kier molecular flexibility index (Phi) is 14.4. The standard InChI is InChI=1S/C68H51N.C11H12/c1-4-18-50-41-53(33-31-46(50)5-2)67-63-29-15-13-27-61(63)66(62-28-14-16-30-64(62)67)52-23-17-24-56(43-52)69(55-37-35-49(36-38-55)47-19-7-6-8-20-47)57-39-40-59-45(3)58-25-11-12-26-60(58)68(65(59)44-57)54-34-32-48-21-9-10-22-51(48)42-54;1-3-7-11-9-6-5-8-10(11)4-2/h5-44H,4H2,1-3H3;3-9H,1H2,2H3/b46-5-,50-18-;10-4-,11-7-. The highest BCUT2D eigenvalue weighted by atomic mass is 15.1. The van der Waals surface area contributed by atoms with E-state index in [1.54, 1.807) is 0 Å². The highest BCUT2D eigenvalue weighted by Gasteiger charge is 2.21. The second-order valence-electron chi connectivity index (χ2n) is 20.5. The minimum atomic E-state index is 0.983. The number of fused-ring (bicyclic) bond motifs is 5. The van der Waals surface area contributed by atoms with Crippen molar-refractivity contribution >= 4 is 95.2 Å². The number of anilines is 3. The van der Waals surface area contributed by atoms with E-state index in [4.69, 9.17) is 0 Å². The molecule has 384 valence electrons. The van der Waals surface area contributed by atoms with Gasteiger partial charge in [-0.3, -0.25) is 0 Å². The van der Waals surface area contributed by atoms with Crippen LogP contribution in [0.2, 0.25) is 0 Å². The smallest absolute Gasteiger partial charge is 0.0468 e. The average Bonchev–Trinajstić information content (AvgIpc) is 3.65. The summed E-state index contributed by atoms with van der Waals surface area (Å²) >= 11 is 0. The molecule has 0 saturated carbocycles. The lowest BCUT2D eigenvalue weighted by atomic mass is 9.85. The lowest BCUT2D eigenvalue weighted by Gasteiger charge is -2.28. The van der Waals surface area contributed by atoms with E-state index in [9.17, 15) is 0 Å². The van der Waals surface area contributed by atoms with E-state index < -0.39 is 0 Å². The Balaban J connectivity index is 0.000000520. The molecule has 0 aliphatic heterocycles. The van der Waals surface area contributed by atoms with Gasteiger partial charge in [-0.1, -0.05) is 250 Å². The molecule has 1 nitrogen and oxygen atoms in total. The fourth-order valence-corrected chi connectivity index (χ4v) is 12.1. The highest BCUT2D eigenvalue weighted by Crippen LogP contribution is 2.47. The van der Waals surface area contributed by atoms with Crippen molar-refractivity contribution in [3.63, 3.8) is 0 Å². The summed E-state index contributed by atoms with van der Waals surface area (Å²) in [5, 5.41) is 17.5. The summed E-state index contributed by atoms with van der Waals surface area (Å²) in [6.07, 6.45) is 11.4. The Labute approximate surface area is 470 Å². The summed E-state index contributed by atoms with van der Waals surface area (Å²) in [6.45, 7) is 12.3. The van der Waals surface area contributed by atoms with Gasteiger partial charge in [-0.25, -0.2) is 0 Å². The van der Waals surface area contributed by atoms with Crippen LogP contribution in [0.1, 0.15) is 32.8 Å². The second-order valence-corrected chi connectivity index (χ2v) is 20.5. The van der Waals surface area contributed by atoms with Crippen LogP contribution < -0.4 is 25.8 Å². The van der Waals surface area contributed by atoms with E-state index in [1.165, 1.54) is 125 Å². The average molecular weight is 1030 g/mol. The molecule has 13 aromatic rings. The topological polar surface area (TPSA) is 3.24 Å². The van der Waals surface area contributed by atoms with Crippen LogP contribution in [0.5, 0.6) is 0 Å². The Morgan fingerprint density at radius 2 is 0.800 bits per heavy atom. The summed E-state index contributed by atoms with van der Waals surface area (Å²) in [7, 11) is 0. The molecule has 0 atom stereocenters. The van der Waals surface area contributed by atoms with Crippen LogP contribution in [0, 0.1) is 6.92 Å². The van der Waals surface area contributed by atoms with Crippen molar-refractivity contribution in [2.75, 3.05) is 4.90 Å². The van der Waals surface area contributed by atoms with Gasteiger partial charge in [-0.2, -0.15) is 0 Å². The first-order valence-corrected chi connectivity index (χ1v) is 28.0. The molecule has 0 heterocycles. The summed E-state index contributed by atoms with van der Waals surface area (Å²) in [5.41, 5.74) is 14.4.